The van der Waals surface area contributed by atoms with Crippen LogP contribution in [0.25, 0.3) is 0 Å². The quantitative estimate of drug-likeness (QED) is 0.829. The molecule has 2 N–H and O–H groups in total. The Balaban J connectivity index is 1.45. The van der Waals surface area contributed by atoms with Crippen LogP contribution in [0.4, 0.5) is 9.59 Å². The minimum absolute atomic E-state index is 0.0701. The first-order valence-electron chi connectivity index (χ1n) is 9.01. The Morgan fingerprint density at radius 3 is 1.65 bits per heavy atom. The standard InChI is InChI=1S/C18H26N4O4/c23-17(21-4-8-25-9-5-21)19-13-15-2-1-3-16(12-15)14-20-18(24)22-6-10-26-11-7-22/h1-3,12H,4-11,13-14H2,(H,19,23)(H,20,24). The largest absolute Gasteiger partial charge is 0.378 e. The highest BCUT2D eigenvalue weighted by Crippen LogP contribution is 2.07. The van der Waals surface area contributed by atoms with Crippen LogP contribution < -0.4 is 10.6 Å². The molecule has 0 unspecified atom stereocenters. The first kappa shape index (κ1) is 18.5. The maximum atomic E-state index is 12.1. The predicted octanol–water partition coefficient (Wildman–Crippen LogP) is 0.770. The van der Waals surface area contributed by atoms with Crippen LogP contribution in [0.1, 0.15) is 11.1 Å². The van der Waals surface area contributed by atoms with Crippen LogP contribution >= 0.6 is 0 Å². The van der Waals surface area contributed by atoms with E-state index >= 15 is 0 Å². The molecular weight excluding hydrogens is 336 g/mol. The monoisotopic (exact) mass is 362 g/mol. The SMILES string of the molecule is O=C(NCc1cccc(CNC(=O)N2CCOCC2)c1)N1CCOCC1. The summed E-state index contributed by atoms with van der Waals surface area (Å²) in [6.45, 7) is 5.77. The lowest BCUT2D eigenvalue weighted by Crippen LogP contribution is -2.46. The summed E-state index contributed by atoms with van der Waals surface area (Å²) in [6, 6.07) is 7.73. The van der Waals surface area contributed by atoms with E-state index in [2.05, 4.69) is 10.6 Å². The molecule has 3 rings (SSSR count). The van der Waals surface area contributed by atoms with Crippen molar-refractivity contribution >= 4 is 12.1 Å². The molecule has 2 aliphatic heterocycles. The number of hydrogen-bond donors (Lipinski definition) is 2. The maximum absolute atomic E-state index is 12.1. The van der Waals surface area contributed by atoms with Crippen LogP contribution in [0.5, 0.6) is 0 Å². The highest BCUT2D eigenvalue weighted by Gasteiger charge is 2.17. The van der Waals surface area contributed by atoms with Crippen molar-refractivity contribution in [2.24, 2.45) is 0 Å². The molecule has 1 aromatic rings. The van der Waals surface area contributed by atoms with Crippen molar-refractivity contribution in [2.45, 2.75) is 13.1 Å². The Morgan fingerprint density at radius 2 is 1.23 bits per heavy atom. The molecule has 0 aliphatic carbocycles. The van der Waals surface area contributed by atoms with Gasteiger partial charge in [-0.1, -0.05) is 24.3 Å². The summed E-state index contributed by atoms with van der Waals surface area (Å²) in [4.78, 5) is 27.8. The van der Waals surface area contributed by atoms with Gasteiger partial charge in [0.25, 0.3) is 0 Å². The first-order valence-corrected chi connectivity index (χ1v) is 9.01. The van der Waals surface area contributed by atoms with Gasteiger partial charge in [-0.3, -0.25) is 0 Å². The number of amides is 4. The summed E-state index contributed by atoms with van der Waals surface area (Å²) < 4.78 is 10.5. The smallest absolute Gasteiger partial charge is 0.317 e. The molecule has 8 heteroatoms. The second kappa shape index (κ2) is 9.40. The molecule has 2 heterocycles. The molecule has 1 aromatic carbocycles. The van der Waals surface area contributed by atoms with Gasteiger partial charge in [0.1, 0.15) is 0 Å². The van der Waals surface area contributed by atoms with Crippen molar-refractivity contribution in [3.8, 4) is 0 Å². The Labute approximate surface area is 153 Å². The van der Waals surface area contributed by atoms with E-state index in [0.29, 0.717) is 65.7 Å². The number of hydrogen-bond acceptors (Lipinski definition) is 4. The molecule has 142 valence electrons. The zero-order chi connectivity index (χ0) is 18.2. The Hall–Kier alpha value is -2.32. The second-order valence-corrected chi connectivity index (χ2v) is 6.34. The van der Waals surface area contributed by atoms with Crippen LogP contribution in [0, 0.1) is 0 Å². The third-order valence-corrected chi connectivity index (χ3v) is 4.48. The molecule has 0 radical (unpaired) electrons. The maximum Gasteiger partial charge on any atom is 0.317 e. The van der Waals surface area contributed by atoms with E-state index in [0.717, 1.165) is 11.1 Å². The van der Waals surface area contributed by atoms with E-state index < -0.39 is 0 Å². The van der Waals surface area contributed by atoms with E-state index in [4.69, 9.17) is 9.47 Å². The molecule has 2 saturated heterocycles. The number of benzene rings is 1. The van der Waals surface area contributed by atoms with Crippen LogP contribution in [0.15, 0.2) is 24.3 Å². The lowest BCUT2D eigenvalue weighted by atomic mass is 10.1. The Bertz CT molecular complexity index is 564. The molecule has 8 nitrogen and oxygen atoms in total. The van der Waals surface area contributed by atoms with Crippen molar-refractivity contribution in [1.82, 2.24) is 20.4 Å². The van der Waals surface area contributed by atoms with Gasteiger partial charge in [-0.05, 0) is 11.1 Å². The summed E-state index contributed by atoms with van der Waals surface area (Å²) in [5, 5.41) is 5.87. The molecule has 0 bridgehead atoms. The molecule has 2 fully saturated rings. The van der Waals surface area contributed by atoms with Crippen molar-refractivity contribution in [1.29, 1.82) is 0 Å². The topological polar surface area (TPSA) is 83.1 Å². The van der Waals surface area contributed by atoms with Gasteiger partial charge in [0.15, 0.2) is 0 Å². The number of rotatable bonds is 4. The minimum atomic E-state index is -0.0701. The lowest BCUT2D eigenvalue weighted by Gasteiger charge is -2.27. The number of ether oxygens (including phenoxy) is 2. The summed E-state index contributed by atoms with van der Waals surface area (Å²) >= 11 is 0. The van der Waals surface area contributed by atoms with E-state index in [1.165, 1.54) is 0 Å². The lowest BCUT2D eigenvalue weighted by molar-refractivity contribution is 0.0531. The van der Waals surface area contributed by atoms with E-state index in [9.17, 15) is 9.59 Å². The fourth-order valence-corrected chi connectivity index (χ4v) is 2.96. The highest BCUT2D eigenvalue weighted by molar-refractivity contribution is 5.74. The molecule has 0 aromatic heterocycles. The van der Waals surface area contributed by atoms with Crippen molar-refractivity contribution in [3.63, 3.8) is 0 Å². The number of morpholine rings is 2. The molecule has 0 spiro atoms. The minimum Gasteiger partial charge on any atom is -0.378 e. The number of nitrogens with one attached hydrogen (secondary N) is 2. The summed E-state index contributed by atoms with van der Waals surface area (Å²) in [6.07, 6.45) is 0. The van der Waals surface area contributed by atoms with Crippen LogP contribution in [0.3, 0.4) is 0 Å². The van der Waals surface area contributed by atoms with Gasteiger partial charge in [-0.2, -0.15) is 0 Å². The van der Waals surface area contributed by atoms with Gasteiger partial charge >= 0.3 is 12.1 Å². The van der Waals surface area contributed by atoms with Gasteiger partial charge in [-0.15, -0.1) is 0 Å². The summed E-state index contributed by atoms with van der Waals surface area (Å²) in [5.74, 6) is 0. The molecule has 4 amide bonds. The molecule has 0 saturated carbocycles. The average molecular weight is 362 g/mol. The normalized spacial score (nSPS) is 17.7. The van der Waals surface area contributed by atoms with Gasteiger partial charge < -0.3 is 29.9 Å². The average Bonchev–Trinajstić information content (AvgIpc) is 2.72. The summed E-state index contributed by atoms with van der Waals surface area (Å²) in [5.41, 5.74) is 2.01. The molecule has 2 aliphatic rings. The number of nitrogens with zero attached hydrogens (tertiary/aromatic N) is 2. The molecular formula is C18H26N4O4. The van der Waals surface area contributed by atoms with E-state index in [-0.39, 0.29) is 12.1 Å². The van der Waals surface area contributed by atoms with E-state index in [1.54, 1.807) is 9.80 Å². The van der Waals surface area contributed by atoms with Gasteiger partial charge in [0, 0.05) is 39.3 Å². The van der Waals surface area contributed by atoms with Gasteiger partial charge in [0.2, 0.25) is 0 Å². The zero-order valence-electron chi connectivity index (χ0n) is 14.9. The summed E-state index contributed by atoms with van der Waals surface area (Å²) in [7, 11) is 0. The van der Waals surface area contributed by atoms with Gasteiger partial charge in [-0.25, -0.2) is 9.59 Å². The third-order valence-electron chi connectivity index (χ3n) is 4.48. The fraction of sp³-hybridized carbons (Fsp3) is 0.556. The number of carbonyl (C=O) groups is 2. The first-order chi connectivity index (χ1) is 12.7. The zero-order valence-corrected chi connectivity index (χ0v) is 14.9. The Kier molecular flexibility index (Phi) is 6.68. The fourth-order valence-electron chi connectivity index (χ4n) is 2.96. The van der Waals surface area contributed by atoms with Crippen molar-refractivity contribution in [3.05, 3.63) is 35.4 Å². The van der Waals surface area contributed by atoms with Crippen LogP contribution in [-0.4, -0.2) is 74.5 Å². The van der Waals surface area contributed by atoms with E-state index in [1.807, 2.05) is 24.3 Å². The van der Waals surface area contributed by atoms with Crippen molar-refractivity contribution < 1.29 is 19.1 Å². The van der Waals surface area contributed by atoms with Crippen LogP contribution in [-0.2, 0) is 22.6 Å². The van der Waals surface area contributed by atoms with Crippen LogP contribution in [0.2, 0.25) is 0 Å². The van der Waals surface area contributed by atoms with Crippen molar-refractivity contribution in [2.75, 3.05) is 52.6 Å². The predicted molar refractivity (Wildman–Crippen MR) is 95.7 cm³/mol. The van der Waals surface area contributed by atoms with Gasteiger partial charge in [0.05, 0.1) is 26.4 Å². The molecule has 0 atom stereocenters. The molecule has 26 heavy (non-hydrogen) atoms. The third kappa shape index (κ3) is 5.34. The highest BCUT2D eigenvalue weighted by atomic mass is 16.5. The Morgan fingerprint density at radius 1 is 0.808 bits per heavy atom. The number of urea groups is 2. The second-order valence-electron chi connectivity index (χ2n) is 6.34. The number of carbonyl (C=O) groups excluding carboxylic acids is 2.